The first-order valence-electron chi connectivity index (χ1n) is 15.0. The number of hydrogen-bond donors (Lipinski definition) is 0. The van der Waals surface area contributed by atoms with Gasteiger partial charge in [0.1, 0.15) is 22.5 Å². The smallest absolute Gasteiger partial charge is 0.159 e. The number of rotatable bonds is 2. The molecular formula is C38H20N6O2. The molecule has 0 saturated heterocycles. The maximum atomic E-state index is 6.72. The van der Waals surface area contributed by atoms with E-state index in [1.165, 1.54) is 0 Å². The van der Waals surface area contributed by atoms with Gasteiger partial charge in [0.2, 0.25) is 0 Å². The molecule has 8 heterocycles. The molecule has 0 bridgehead atoms. The Morgan fingerprint density at radius 1 is 0.435 bits per heavy atom. The molecule has 46 heavy (non-hydrogen) atoms. The van der Waals surface area contributed by atoms with Gasteiger partial charge < -0.3 is 8.83 Å². The summed E-state index contributed by atoms with van der Waals surface area (Å²) in [4.78, 5) is 18.4. The Kier molecular flexibility index (Phi) is 4.43. The molecule has 0 aliphatic rings. The zero-order valence-corrected chi connectivity index (χ0v) is 24.0. The number of pyridine rings is 4. The van der Waals surface area contributed by atoms with E-state index in [-0.39, 0.29) is 0 Å². The molecule has 0 aliphatic carbocycles. The molecule has 0 spiro atoms. The third kappa shape index (κ3) is 2.97. The summed E-state index contributed by atoms with van der Waals surface area (Å²) in [5.74, 6) is 0. The predicted molar refractivity (Wildman–Crippen MR) is 181 cm³/mol. The molecule has 0 N–H and O–H groups in total. The third-order valence-electron chi connectivity index (χ3n) is 9.22. The zero-order chi connectivity index (χ0) is 29.9. The Hall–Kier alpha value is -6.54. The molecule has 0 aliphatic heterocycles. The minimum absolute atomic E-state index is 0.785. The monoisotopic (exact) mass is 592 g/mol. The van der Waals surface area contributed by atoms with Crippen molar-refractivity contribution in [3.63, 3.8) is 0 Å². The maximum Gasteiger partial charge on any atom is 0.159 e. The Labute approximate surface area is 258 Å². The number of fused-ring (bicyclic) bond motifs is 12. The molecule has 11 rings (SSSR count). The van der Waals surface area contributed by atoms with Gasteiger partial charge in [-0.2, -0.15) is 0 Å². The summed E-state index contributed by atoms with van der Waals surface area (Å²) in [7, 11) is 0. The van der Waals surface area contributed by atoms with E-state index >= 15 is 0 Å². The van der Waals surface area contributed by atoms with Crippen LogP contribution in [0.4, 0.5) is 0 Å². The van der Waals surface area contributed by atoms with Crippen molar-refractivity contribution in [3.8, 4) is 11.4 Å². The van der Waals surface area contributed by atoms with Gasteiger partial charge in [0.25, 0.3) is 0 Å². The highest BCUT2D eigenvalue weighted by molar-refractivity contribution is 6.18. The standard InChI is InChI=1S/C38H20N6O2/c1-5-23-27-17-34-28(18-33(27)45-35(23)29(9-1)43-31-19-39-15-11-21(31)25-7-3-13-41-37(25)43)24-6-2-10-30(36(24)46-34)44-32-20-40-16-12-22(32)26-8-4-14-42-38(26)44/h1-20H. The number of aromatic nitrogens is 6. The second-order valence-corrected chi connectivity index (χ2v) is 11.6. The van der Waals surface area contributed by atoms with Crippen molar-refractivity contribution in [1.29, 1.82) is 0 Å². The average Bonchev–Trinajstić information content (AvgIpc) is 3.85. The molecule has 11 aromatic rings. The van der Waals surface area contributed by atoms with E-state index in [4.69, 9.17) is 18.8 Å². The van der Waals surface area contributed by atoms with Gasteiger partial charge in [0.15, 0.2) is 11.2 Å². The molecule has 0 fully saturated rings. The van der Waals surface area contributed by atoms with Crippen LogP contribution in [0.3, 0.4) is 0 Å². The average molecular weight is 593 g/mol. The van der Waals surface area contributed by atoms with Gasteiger partial charge in [-0.3, -0.25) is 19.1 Å². The fraction of sp³-hybridized carbons (Fsp3) is 0. The first kappa shape index (κ1) is 23.9. The Balaban J connectivity index is 1.18. The lowest BCUT2D eigenvalue weighted by molar-refractivity contribution is 0.661. The molecule has 0 radical (unpaired) electrons. The highest BCUT2D eigenvalue weighted by atomic mass is 16.3. The molecule has 8 heteroatoms. The molecular weight excluding hydrogens is 572 g/mol. The number of nitrogens with zero attached hydrogens (tertiary/aromatic N) is 6. The van der Waals surface area contributed by atoms with Crippen LogP contribution in [0.25, 0.3) is 99.1 Å². The second kappa shape index (κ2) is 8.55. The van der Waals surface area contributed by atoms with Crippen LogP contribution in [0.1, 0.15) is 0 Å². The summed E-state index contributed by atoms with van der Waals surface area (Å²) in [6.45, 7) is 0. The van der Waals surface area contributed by atoms with E-state index in [1.807, 2.05) is 61.4 Å². The second-order valence-electron chi connectivity index (χ2n) is 11.6. The molecule has 3 aromatic carbocycles. The van der Waals surface area contributed by atoms with Crippen molar-refractivity contribution in [2.75, 3.05) is 0 Å². The first-order chi connectivity index (χ1) is 22.8. The van der Waals surface area contributed by atoms with E-state index in [1.54, 1.807) is 0 Å². The summed E-state index contributed by atoms with van der Waals surface area (Å²) >= 11 is 0. The van der Waals surface area contributed by atoms with E-state index < -0.39 is 0 Å². The minimum atomic E-state index is 0.785. The molecule has 8 nitrogen and oxygen atoms in total. The van der Waals surface area contributed by atoms with E-state index in [0.29, 0.717) is 0 Å². The predicted octanol–water partition coefficient (Wildman–Crippen LogP) is 9.26. The van der Waals surface area contributed by atoms with Crippen molar-refractivity contribution in [1.82, 2.24) is 29.1 Å². The van der Waals surface area contributed by atoms with Gasteiger partial charge in [-0.1, -0.05) is 24.3 Å². The highest BCUT2D eigenvalue weighted by Crippen LogP contribution is 2.42. The van der Waals surface area contributed by atoms with Crippen molar-refractivity contribution in [2.45, 2.75) is 0 Å². The fourth-order valence-electron chi connectivity index (χ4n) is 7.28. The largest absolute Gasteiger partial charge is 0.454 e. The van der Waals surface area contributed by atoms with Crippen LogP contribution in [0.5, 0.6) is 0 Å². The van der Waals surface area contributed by atoms with Crippen LogP contribution in [-0.2, 0) is 0 Å². The van der Waals surface area contributed by atoms with Crippen molar-refractivity contribution in [3.05, 3.63) is 122 Å². The van der Waals surface area contributed by atoms with Crippen LogP contribution in [0.2, 0.25) is 0 Å². The summed E-state index contributed by atoms with van der Waals surface area (Å²) in [6, 6.07) is 28.9. The van der Waals surface area contributed by atoms with Gasteiger partial charge >= 0.3 is 0 Å². The summed E-state index contributed by atoms with van der Waals surface area (Å²) in [5.41, 5.74) is 8.65. The van der Waals surface area contributed by atoms with Gasteiger partial charge in [0.05, 0.1) is 34.8 Å². The van der Waals surface area contributed by atoms with Gasteiger partial charge in [-0.05, 0) is 60.7 Å². The van der Waals surface area contributed by atoms with Crippen molar-refractivity contribution >= 4 is 87.7 Å². The molecule has 0 unspecified atom stereocenters. The lowest BCUT2D eigenvalue weighted by Gasteiger charge is -2.07. The van der Waals surface area contributed by atoms with Crippen molar-refractivity contribution < 1.29 is 8.83 Å². The van der Waals surface area contributed by atoms with Crippen LogP contribution in [0.15, 0.2) is 131 Å². The van der Waals surface area contributed by atoms with Gasteiger partial charge in [-0.15, -0.1) is 0 Å². The number of hydrogen-bond acceptors (Lipinski definition) is 6. The van der Waals surface area contributed by atoms with E-state index in [9.17, 15) is 0 Å². The topological polar surface area (TPSA) is 87.7 Å². The van der Waals surface area contributed by atoms with Crippen LogP contribution < -0.4 is 0 Å². The SMILES string of the molecule is c1cc(-n2c3cnccc3c3cccnc32)c2oc3cc4c(cc3c2c1)oc1c(-n2c3cnccc3c3cccnc32)cccc14. The fourth-order valence-corrected chi connectivity index (χ4v) is 7.28. The van der Waals surface area contributed by atoms with Crippen LogP contribution >= 0.6 is 0 Å². The third-order valence-corrected chi connectivity index (χ3v) is 9.22. The van der Waals surface area contributed by atoms with Gasteiger partial charge in [0, 0.05) is 67.9 Å². The molecule has 0 saturated carbocycles. The number of para-hydroxylation sites is 2. The summed E-state index contributed by atoms with van der Waals surface area (Å²) < 4.78 is 17.7. The summed E-state index contributed by atoms with van der Waals surface area (Å²) in [5, 5.41) is 8.31. The number of furan rings is 2. The minimum Gasteiger partial charge on any atom is -0.454 e. The molecule has 8 aromatic heterocycles. The molecule has 0 atom stereocenters. The highest BCUT2D eigenvalue weighted by Gasteiger charge is 2.22. The van der Waals surface area contributed by atoms with E-state index in [0.717, 1.165) is 99.1 Å². The lowest BCUT2D eigenvalue weighted by atomic mass is 10.1. The lowest BCUT2D eigenvalue weighted by Crippen LogP contribution is -1.96. The molecule has 214 valence electrons. The Morgan fingerprint density at radius 3 is 1.41 bits per heavy atom. The first-order valence-corrected chi connectivity index (χ1v) is 15.0. The number of benzene rings is 3. The quantitative estimate of drug-likeness (QED) is 0.199. The normalized spacial score (nSPS) is 12.3. The van der Waals surface area contributed by atoms with Crippen LogP contribution in [-0.4, -0.2) is 29.1 Å². The summed E-state index contributed by atoms with van der Waals surface area (Å²) in [6.07, 6.45) is 11.1. The molecule has 0 amide bonds. The zero-order valence-electron chi connectivity index (χ0n) is 24.0. The van der Waals surface area contributed by atoms with Crippen LogP contribution in [0, 0.1) is 0 Å². The van der Waals surface area contributed by atoms with Gasteiger partial charge in [-0.25, -0.2) is 9.97 Å². The van der Waals surface area contributed by atoms with E-state index in [2.05, 4.69) is 79.8 Å². The maximum absolute atomic E-state index is 6.72. The Morgan fingerprint density at radius 2 is 0.913 bits per heavy atom. The van der Waals surface area contributed by atoms with Crippen molar-refractivity contribution in [2.24, 2.45) is 0 Å². The Bertz CT molecular complexity index is 2740.